The SMILES string of the molecule is N#CCC(F)(F)c1ccccc1F. The zero-order chi connectivity index (χ0) is 9.90. The molecule has 0 heterocycles. The largest absolute Gasteiger partial charge is 0.288 e. The van der Waals surface area contributed by atoms with E-state index in [1.807, 2.05) is 0 Å². The van der Waals surface area contributed by atoms with Crippen LogP contribution in [0.4, 0.5) is 13.2 Å². The van der Waals surface area contributed by atoms with E-state index in [-0.39, 0.29) is 0 Å². The van der Waals surface area contributed by atoms with Crippen LogP contribution < -0.4 is 0 Å². The average Bonchev–Trinajstić information content (AvgIpc) is 2.04. The Bertz CT molecular complexity index is 341. The van der Waals surface area contributed by atoms with Gasteiger partial charge in [0, 0.05) is 0 Å². The molecule has 0 saturated carbocycles. The number of hydrogen-bond acceptors (Lipinski definition) is 1. The van der Waals surface area contributed by atoms with Gasteiger partial charge in [-0.25, -0.2) is 13.2 Å². The molecule has 0 aliphatic rings. The second-order valence-corrected chi connectivity index (χ2v) is 2.52. The summed E-state index contributed by atoms with van der Waals surface area (Å²) in [7, 11) is 0. The first-order chi connectivity index (χ1) is 6.08. The molecule has 1 aromatic rings. The van der Waals surface area contributed by atoms with Crippen LogP contribution in [0, 0.1) is 17.1 Å². The molecule has 0 aliphatic carbocycles. The fraction of sp³-hybridized carbons (Fsp3) is 0.222. The Morgan fingerprint density at radius 1 is 1.31 bits per heavy atom. The van der Waals surface area contributed by atoms with Gasteiger partial charge in [0.2, 0.25) is 0 Å². The molecule has 0 N–H and O–H groups in total. The van der Waals surface area contributed by atoms with Crippen LogP contribution in [0.5, 0.6) is 0 Å². The van der Waals surface area contributed by atoms with Crippen LogP contribution in [0.15, 0.2) is 24.3 Å². The molecular formula is C9H6F3N. The summed E-state index contributed by atoms with van der Waals surface area (Å²) < 4.78 is 38.7. The molecule has 4 heteroatoms. The van der Waals surface area contributed by atoms with Gasteiger partial charge in [0.05, 0.1) is 11.6 Å². The molecule has 0 spiro atoms. The van der Waals surface area contributed by atoms with Gasteiger partial charge in [0.15, 0.2) is 0 Å². The summed E-state index contributed by atoms with van der Waals surface area (Å²) >= 11 is 0. The van der Waals surface area contributed by atoms with Crippen molar-refractivity contribution in [3.05, 3.63) is 35.6 Å². The lowest BCUT2D eigenvalue weighted by Crippen LogP contribution is -2.14. The maximum Gasteiger partial charge on any atom is 0.288 e. The standard InChI is InChI=1S/C9H6F3N/c10-8-4-2-1-3-7(8)9(11,12)5-6-13/h1-4H,5H2. The van der Waals surface area contributed by atoms with E-state index in [0.29, 0.717) is 0 Å². The minimum Gasteiger partial charge on any atom is -0.206 e. The third-order valence-corrected chi connectivity index (χ3v) is 1.57. The Morgan fingerprint density at radius 3 is 2.46 bits per heavy atom. The van der Waals surface area contributed by atoms with Crippen LogP contribution in [0.1, 0.15) is 12.0 Å². The first kappa shape index (κ1) is 9.59. The number of hydrogen-bond donors (Lipinski definition) is 0. The molecule has 0 bridgehead atoms. The van der Waals surface area contributed by atoms with Crippen LogP contribution in [-0.4, -0.2) is 0 Å². The van der Waals surface area contributed by atoms with E-state index in [0.717, 1.165) is 12.1 Å². The van der Waals surface area contributed by atoms with E-state index in [1.54, 1.807) is 0 Å². The van der Waals surface area contributed by atoms with Gasteiger partial charge in [0.1, 0.15) is 12.2 Å². The average molecular weight is 185 g/mol. The second kappa shape index (κ2) is 3.48. The van der Waals surface area contributed by atoms with Crippen LogP contribution in [0.25, 0.3) is 0 Å². The maximum atomic E-state index is 13.0. The maximum absolute atomic E-state index is 13.0. The van der Waals surface area contributed by atoms with Crippen molar-refractivity contribution in [3.8, 4) is 6.07 Å². The predicted molar refractivity (Wildman–Crippen MR) is 40.5 cm³/mol. The minimum absolute atomic E-state index is 0.725. The smallest absolute Gasteiger partial charge is 0.206 e. The van der Waals surface area contributed by atoms with Gasteiger partial charge in [-0.3, -0.25) is 0 Å². The lowest BCUT2D eigenvalue weighted by molar-refractivity contribution is -0.00258. The van der Waals surface area contributed by atoms with E-state index < -0.39 is 23.7 Å². The van der Waals surface area contributed by atoms with E-state index >= 15 is 0 Å². The number of benzene rings is 1. The Labute approximate surface area is 73.4 Å². The highest BCUT2D eigenvalue weighted by Crippen LogP contribution is 2.32. The monoisotopic (exact) mass is 185 g/mol. The highest BCUT2D eigenvalue weighted by Gasteiger charge is 2.33. The third-order valence-electron chi connectivity index (χ3n) is 1.57. The molecular weight excluding hydrogens is 179 g/mol. The molecule has 0 unspecified atom stereocenters. The molecule has 1 nitrogen and oxygen atoms in total. The van der Waals surface area contributed by atoms with Gasteiger partial charge in [0.25, 0.3) is 5.92 Å². The fourth-order valence-electron chi connectivity index (χ4n) is 0.952. The topological polar surface area (TPSA) is 23.8 Å². The molecule has 0 saturated heterocycles. The van der Waals surface area contributed by atoms with Crippen molar-refractivity contribution >= 4 is 0 Å². The molecule has 0 aromatic heterocycles. The van der Waals surface area contributed by atoms with Gasteiger partial charge in [-0.15, -0.1) is 0 Å². The lowest BCUT2D eigenvalue weighted by Gasteiger charge is -2.12. The van der Waals surface area contributed by atoms with Gasteiger partial charge < -0.3 is 0 Å². The zero-order valence-electron chi connectivity index (χ0n) is 6.60. The first-order valence-electron chi connectivity index (χ1n) is 3.58. The molecule has 0 aliphatic heterocycles. The summed E-state index contributed by atoms with van der Waals surface area (Å²) in [6.45, 7) is 0. The zero-order valence-corrected chi connectivity index (χ0v) is 6.60. The number of nitriles is 1. The van der Waals surface area contributed by atoms with Crippen molar-refractivity contribution < 1.29 is 13.2 Å². The molecule has 0 radical (unpaired) electrons. The highest BCUT2D eigenvalue weighted by atomic mass is 19.3. The summed E-state index contributed by atoms with van der Waals surface area (Å²) in [5.74, 6) is -4.39. The van der Waals surface area contributed by atoms with Crippen LogP contribution in [0.2, 0.25) is 0 Å². The van der Waals surface area contributed by atoms with Crippen molar-refractivity contribution in [2.45, 2.75) is 12.3 Å². The van der Waals surface area contributed by atoms with Gasteiger partial charge >= 0.3 is 0 Å². The van der Waals surface area contributed by atoms with Gasteiger partial charge in [-0.1, -0.05) is 18.2 Å². The first-order valence-corrected chi connectivity index (χ1v) is 3.58. The molecule has 68 valence electrons. The summed E-state index contributed by atoms with van der Waals surface area (Å²) in [6.07, 6.45) is -1.01. The molecule has 0 fully saturated rings. The number of rotatable bonds is 2. The van der Waals surface area contributed by atoms with E-state index in [2.05, 4.69) is 0 Å². The van der Waals surface area contributed by atoms with E-state index in [1.165, 1.54) is 18.2 Å². The van der Waals surface area contributed by atoms with E-state index in [9.17, 15) is 13.2 Å². The Morgan fingerprint density at radius 2 is 1.92 bits per heavy atom. The van der Waals surface area contributed by atoms with Crippen LogP contribution in [0.3, 0.4) is 0 Å². The number of halogens is 3. The number of alkyl halides is 2. The van der Waals surface area contributed by atoms with Crippen molar-refractivity contribution in [2.24, 2.45) is 0 Å². The van der Waals surface area contributed by atoms with E-state index in [4.69, 9.17) is 5.26 Å². The molecule has 0 amide bonds. The Balaban J connectivity index is 3.08. The summed E-state index contributed by atoms with van der Waals surface area (Å²) in [6, 6.07) is 5.87. The predicted octanol–water partition coefficient (Wildman–Crippen LogP) is 2.83. The fourth-order valence-corrected chi connectivity index (χ4v) is 0.952. The summed E-state index contributed by atoms with van der Waals surface area (Å²) in [5, 5.41) is 8.10. The van der Waals surface area contributed by atoms with Crippen molar-refractivity contribution in [2.75, 3.05) is 0 Å². The Hall–Kier alpha value is -1.50. The summed E-state index contributed by atoms with van der Waals surface area (Å²) in [5.41, 5.74) is -0.725. The quantitative estimate of drug-likeness (QED) is 0.694. The summed E-state index contributed by atoms with van der Waals surface area (Å²) in [4.78, 5) is 0. The highest BCUT2D eigenvalue weighted by molar-refractivity contribution is 5.23. The van der Waals surface area contributed by atoms with Crippen molar-refractivity contribution in [1.82, 2.24) is 0 Å². The van der Waals surface area contributed by atoms with Crippen LogP contribution >= 0.6 is 0 Å². The molecule has 13 heavy (non-hydrogen) atoms. The molecule has 1 rings (SSSR count). The minimum atomic E-state index is -3.40. The van der Waals surface area contributed by atoms with Crippen molar-refractivity contribution in [3.63, 3.8) is 0 Å². The van der Waals surface area contributed by atoms with Crippen LogP contribution in [-0.2, 0) is 5.92 Å². The van der Waals surface area contributed by atoms with Gasteiger partial charge in [-0.05, 0) is 6.07 Å². The lowest BCUT2D eigenvalue weighted by atomic mass is 10.1. The second-order valence-electron chi connectivity index (χ2n) is 2.52. The van der Waals surface area contributed by atoms with Gasteiger partial charge in [-0.2, -0.15) is 5.26 Å². The third kappa shape index (κ3) is 2.00. The number of nitrogens with zero attached hydrogens (tertiary/aromatic N) is 1. The Kier molecular flexibility index (Phi) is 2.57. The molecule has 1 aromatic carbocycles. The normalized spacial score (nSPS) is 10.9. The van der Waals surface area contributed by atoms with Crippen molar-refractivity contribution in [1.29, 1.82) is 5.26 Å². The molecule has 0 atom stereocenters.